The molecular formula is C24H18FN5O. The summed E-state index contributed by atoms with van der Waals surface area (Å²) in [7, 11) is 0. The highest BCUT2D eigenvalue weighted by Crippen LogP contribution is 2.29. The average molecular weight is 411 g/mol. The van der Waals surface area contributed by atoms with E-state index in [0.29, 0.717) is 34.4 Å². The van der Waals surface area contributed by atoms with Crippen LogP contribution in [0.25, 0.3) is 22.2 Å². The van der Waals surface area contributed by atoms with E-state index in [1.165, 1.54) is 24.3 Å². The van der Waals surface area contributed by atoms with Gasteiger partial charge in [-0.1, -0.05) is 42.5 Å². The Kier molecular flexibility index (Phi) is 4.55. The zero-order chi connectivity index (χ0) is 21.4. The Labute approximate surface area is 177 Å². The van der Waals surface area contributed by atoms with Crippen molar-refractivity contribution < 1.29 is 9.18 Å². The molecule has 0 spiro atoms. The van der Waals surface area contributed by atoms with Crippen LogP contribution in [0.15, 0.2) is 78.9 Å². The van der Waals surface area contributed by atoms with Gasteiger partial charge in [-0.15, -0.1) is 0 Å². The molecule has 0 saturated heterocycles. The Balaban J connectivity index is 1.67. The summed E-state index contributed by atoms with van der Waals surface area (Å²) in [6, 6.07) is 22.8. The van der Waals surface area contributed by atoms with Crippen molar-refractivity contribution in [3.63, 3.8) is 0 Å². The number of nitrogens with one attached hydrogen (secondary N) is 1. The van der Waals surface area contributed by atoms with Gasteiger partial charge < -0.3 is 15.6 Å². The number of nitrogens with zero attached hydrogens (tertiary/aromatic N) is 3. The van der Waals surface area contributed by atoms with Gasteiger partial charge in [0.05, 0.1) is 17.6 Å². The second-order valence-electron chi connectivity index (χ2n) is 7.18. The van der Waals surface area contributed by atoms with Gasteiger partial charge in [0.2, 0.25) is 0 Å². The van der Waals surface area contributed by atoms with Gasteiger partial charge in [0.1, 0.15) is 22.7 Å². The normalized spacial score (nSPS) is 11.1. The standard InChI is InChI=1S/C24H18FN5O/c25-16-10-12-17(13-11-16)27-24(31)20-21-23(29-19-9-5-4-8-18(19)28-21)30(22(20)26)14-15-6-2-1-3-7-15/h1-13H,14,26H2,(H,27,31). The number of carbonyl (C=O) groups excluding carboxylic acids is 1. The van der Waals surface area contributed by atoms with E-state index in [-0.39, 0.29) is 17.2 Å². The minimum atomic E-state index is -0.425. The van der Waals surface area contributed by atoms with E-state index in [0.717, 1.165) is 5.56 Å². The number of nitrogen functional groups attached to an aromatic ring is 1. The van der Waals surface area contributed by atoms with Gasteiger partial charge in [-0.3, -0.25) is 4.79 Å². The number of rotatable bonds is 4. The molecule has 5 aromatic rings. The van der Waals surface area contributed by atoms with Gasteiger partial charge in [-0.05, 0) is 42.0 Å². The molecule has 5 rings (SSSR count). The molecule has 2 heterocycles. The number of para-hydroxylation sites is 2. The van der Waals surface area contributed by atoms with Crippen LogP contribution in [0.3, 0.4) is 0 Å². The number of hydrogen-bond donors (Lipinski definition) is 2. The predicted octanol–water partition coefficient (Wildman–Crippen LogP) is 4.61. The van der Waals surface area contributed by atoms with Crippen LogP contribution < -0.4 is 11.1 Å². The molecule has 2 aromatic heterocycles. The molecule has 152 valence electrons. The molecule has 0 atom stereocenters. The minimum absolute atomic E-state index is 0.244. The molecule has 0 saturated carbocycles. The number of halogens is 1. The molecule has 1 amide bonds. The molecule has 0 unspecified atom stereocenters. The zero-order valence-electron chi connectivity index (χ0n) is 16.4. The summed E-state index contributed by atoms with van der Waals surface area (Å²) in [5.74, 6) is -0.534. The van der Waals surface area contributed by atoms with Crippen LogP contribution in [0.5, 0.6) is 0 Å². The van der Waals surface area contributed by atoms with Crippen molar-refractivity contribution in [1.82, 2.24) is 14.5 Å². The van der Waals surface area contributed by atoms with E-state index < -0.39 is 5.91 Å². The third kappa shape index (κ3) is 3.46. The van der Waals surface area contributed by atoms with Crippen LogP contribution in [0.2, 0.25) is 0 Å². The quantitative estimate of drug-likeness (QED) is 0.452. The minimum Gasteiger partial charge on any atom is -0.384 e. The highest BCUT2D eigenvalue weighted by atomic mass is 19.1. The maximum Gasteiger partial charge on any atom is 0.261 e. The maximum atomic E-state index is 13.2. The fourth-order valence-corrected chi connectivity index (χ4v) is 3.59. The van der Waals surface area contributed by atoms with Gasteiger partial charge in [-0.2, -0.15) is 0 Å². The first-order valence-electron chi connectivity index (χ1n) is 9.75. The van der Waals surface area contributed by atoms with Gasteiger partial charge in [0.25, 0.3) is 5.91 Å². The molecule has 6 nitrogen and oxygen atoms in total. The molecule has 0 aliphatic heterocycles. The first kappa shape index (κ1) is 18.7. The number of carbonyl (C=O) groups is 1. The van der Waals surface area contributed by atoms with Crippen LogP contribution in [-0.2, 0) is 6.54 Å². The Morgan fingerprint density at radius 2 is 1.55 bits per heavy atom. The third-order valence-electron chi connectivity index (χ3n) is 5.10. The van der Waals surface area contributed by atoms with E-state index in [1.807, 2.05) is 54.6 Å². The molecule has 3 N–H and O–H groups in total. The summed E-state index contributed by atoms with van der Waals surface area (Å²) >= 11 is 0. The maximum absolute atomic E-state index is 13.2. The van der Waals surface area contributed by atoms with E-state index in [2.05, 4.69) is 5.32 Å². The molecule has 0 aliphatic carbocycles. The average Bonchev–Trinajstić information content (AvgIpc) is 3.05. The third-order valence-corrected chi connectivity index (χ3v) is 5.10. The van der Waals surface area contributed by atoms with Crippen molar-refractivity contribution in [2.45, 2.75) is 6.54 Å². The Hall–Kier alpha value is -4.26. The van der Waals surface area contributed by atoms with E-state index in [9.17, 15) is 9.18 Å². The summed E-state index contributed by atoms with van der Waals surface area (Å²) in [4.78, 5) is 22.6. The highest BCUT2D eigenvalue weighted by molar-refractivity contribution is 6.16. The number of nitrogens with two attached hydrogens (primary N) is 1. The Morgan fingerprint density at radius 1 is 0.903 bits per heavy atom. The summed E-state index contributed by atoms with van der Waals surface area (Å²) in [5, 5.41) is 2.78. The lowest BCUT2D eigenvalue weighted by Crippen LogP contribution is -2.15. The molecule has 0 aliphatic rings. The fraction of sp³-hybridized carbons (Fsp3) is 0.0417. The van der Waals surface area contributed by atoms with E-state index >= 15 is 0 Å². The second-order valence-corrected chi connectivity index (χ2v) is 7.18. The first-order chi connectivity index (χ1) is 15.1. The predicted molar refractivity (Wildman–Crippen MR) is 119 cm³/mol. The number of fused-ring (bicyclic) bond motifs is 2. The highest BCUT2D eigenvalue weighted by Gasteiger charge is 2.24. The van der Waals surface area contributed by atoms with Crippen molar-refractivity contribution in [3.05, 3.63) is 95.8 Å². The number of aromatic nitrogens is 3. The summed E-state index contributed by atoms with van der Waals surface area (Å²) in [6.45, 7) is 0.444. The fourth-order valence-electron chi connectivity index (χ4n) is 3.59. The van der Waals surface area contributed by atoms with Gasteiger partial charge in [0, 0.05) is 5.69 Å². The summed E-state index contributed by atoms with van der Waals surface area (Å²) in [5.41, 5.74) is 10.5. The smallest absolute Gasteiger partial charge is 0.261 e. The molecular weight excluding hydrogens is 393 g/mol. The van der Waals surface area contributed by atoms with Crippen molar-refractivity contribution in [2.24, 2.45) is 0 Å². The van der Waals surface area contributed by atoms with Gasteiger partial charge in [-0.25, -0.2) is 14.4 Å². The van der Waals surface area contributed by atoms with Crippen molar-refractivity contribution in [2.75, 3.05) is 11.1 Å². The largest absolute Gasteiger partial charge is 0.384 e. The van der Waals surface area contributed by atoms with Crippen LogP contribution in [0, 0.1) is 5.82 Å². The number of anilines is 2. The van der Waals surface area contributed by atoms with Crippen molar-refractivity contribution >= 4 is 39.6 Å². The Morgan fingerprint density at radius 3 is 2.26 bits per heavy atom. The topological polar surface area (TPSA) is 85.8 Å². The van der Waals surface area contributed by atoms with E-state index in [1.54, 1.807) is 4.57 Å². The molecule has 3 aromatic carbocycles. The van der Waals surface area contributed by atoms with Crippen LogP contribution in [-0.4, -0.2) is 20.4 Å². The molecule has 31 heavy (non-hydrogen) atoms. The van der Waals surface area contributed by atoms with Gasteiger partial charge in [0.15, 0.2) is 5.65 Å². The SMILES string of the molecule is Nc1c(C(=O)Nc2ccc(F)cc2)c2nc3ccccc3nc2n1Cc1ccccc1. The van der Waals surface area contributed by atoms with Crippen LogP contribution in [0.4, 0.5) is 15.9 Å². The number of hydrogen-bond acceptors (Lipinski definition) is 4. The van der Waals surface area contributed by atoms with E-state index in [4.69, 9.17) is 15.7 Å². The van der Waals surface area contributed by atoms with Gasteiger partial charge >= 0.3 is 0 Å². The lowest BCUT2D eigenvalue weighted by Gasteiger charge is -2.08. The molecule has 0 bridgehead atoms. The van der Waals surface area contributed by atoms with Crippen molar-refractivity contribution in [1.29, 1.82) is 0 Å². The van der Waals surface area contributed by atoms with Crippen LogP contribution >= 0.6 is 0 Å². The monoisotopic (exact) mass is 411 g/mol. The first-order valence-corrected chi connectivity index (χ1v) is 9.75. The zero-order valence-corrected chi connectivity index (χ0v) is 16.4. The second kappa shape index (κ2) is 7.53. The van der Waals surface area contributed by atoms with Crippen LogP contribution in [0.1, 0.15) is 15.9 Å². The summed E-state index contributed by atoms with van der Waals surface area (Å²) < 4.78 is 15.0. The van der Waals surface area contributed by atoms with Crippen molar-refractivity contribution in [3.8, 4) is 0 Å². The molecule has 0 fully saturated rings. The molecule has 0 radical (unpaired) electrons. The molecule has 7 heteroatoms. The lowest BCUT2D eigenvalue weighted by molar-refractivity contribution is 0.102. The lowest BCUT2D eigenvalue weighted by atomic mass is 10.2. The number of benzene rings is 3. The number of amides is 1. The Bertz CT molecular complexity index is 1410. The summed E-state index contributed by atoms with van der Waals surface area (Å²) in [6.07, 6.45) is 0.